The van der Waals surface area contributed by atoms with E-state index >= 15 is 0 Å². The molecule has 1 saturated carbocycles. The van der Waals surface area contributed by atoms with Gasteiger partial charge in [0, 0.05) is 6.04 Å². The number of anilines is 1. The molecule has 3 N–H and O–H groups in total. The van der Waals surface area contributed by atoms with Crippen LogP contribution in [0.2, 0.25) is 5.02 Å². The van der Waals surface area contributed by atoms with Crippen molar-refractivity contribution >= 4 is 27.3 Å². The van der Waals surface area contributed by atoms with E-state index in [-0.39, 0.29) is 4.90 Å². The van der Waals surface area contributed by atoms with Gasteiger partial charge in [0.1, 0.15) is 0 Å². The Morgan fingerprint density at radius 1 is 1.29 bits per heavy atom. The van der Waals surface area contributed by atoms with Crippen molar-refractivity contribution in [1.82, 2.24) is 0 Å². The highest BCUT2D eigenvalue weighted by Gasteiger charge is 2.24. The van der Waals surface area contributed by atoms with E-state index in [4.69, 9.17) is 16.7 Å². The van der Waals surface area contributed by atoms with Crippen LogP contribution in [0.1, 0.15) is 46.0 Å². The lowest BCUT2D eigenvalue weighted by molar-refractivity contribution is 0.313. The summed E-state index contributed by atoms with van der Waals surface area (Å²) >= 11 is 6.16. The Hall–Kier alpha value is -0.780. The second kappa shape index (κ2) is 6.15. The first-order valence-corrected chi connectivity index (χ1v) is 9.19. The zero-order valence-electron chi connectivity index (χ0n) is 12.5. The van der Waals surface area contributed by atoms with Crippen LogP contribution in [0.15, 0.2) is 23.1 Å². The minimum absolute atomic E-state index is 0.0864. The molecule has 1 aromatic carbocycles. The number of nitrogens with two attached hydrogens (primary N) is 1. The number of primary sulfonamides is 1. The fourth-order valence-electron chi connectivity index (χ4n) is 2.82. The summed E-state index contributed by atoms with van der Waals surface area (Å²) in [6, 6.07) is 4.84. The molecule has 1 aromatic rings. The Balaban J connectivity index is 2.16. The van der Waals surface area contributed by atoms with Crippen molar-refractivity contribution in [2.75, 3.05) is 5.32 Å². The monoisotopic (exact) mass is 330 g/mol. The first kappa shape index (κ1) is 16.6. The third kappa shape index (κ3) is 4.59. The SMILES string of the molecule is CC1(C)CCCC(Nc2cc(S(N)(=O)=O)ccc2Cl)CC1. The van der Waals surface area contributed by atoms with Crippen LogP contribution in [0.25, 0.3) is 0 Å². The van der Waals surface area contributed by atoms with Crippen LogP contribution in [0.3, 0.4) is 0 Å². The minimum atomic E-state index is -3.71. The Bertz CT molecular complexity index is 614. The second-order valence-corrected chi connectivity index (χ2v) is 8.59. The fraction of sp³-hybridized carbons (Fsp3) is 0.600. The maximum Gasteiger partial charge on any atom is 0.238 e. The van der Waals surface area contributed by atoms with Gasteiger partial charge in [-0.1, -0.05) is 31.9 Å². The molecule has 1 aliphatic rings. The van der Waals surface area contributed by atoms with E-state index in [0.717, 1.165) is 25.7 Å². The van der Waals surface area contributed by atoms with Crippen LogP contribution in [0.4, 0.5) is 5.69 Å². The lowest BCUT2D eigenvalue weighted by Crippen LogP contribution is -2.20. The lowest BCUT2D eigenvalue weighted by Gasteiger charge is -2.22. The third-order valence-electron chi connectivity index (χ3n) is 4.20. The van der Waals surface area contributed by atoms with Crippen LogP contribution < -0.4 is 10.5 Å². The first-order valence-electron chi connectivity index (χ1n) is 7.26. The number of halogens is 1. The van der Waals surface area contributed by atoms with Gasteiger partial charge >= 0.3 is 0 Å². The number of sulfonamides is 1. The lowest BCUT2D eigenvalue weighted by atomic mass is 9.85. The van der Waals surface area contributed by atoms with E-state index in [2.05, 4.69) is 19.2 Å². The molecule has 0 radical (unpaired) electrons. The van der Waals surface area contributed by atoms with Crippen LogP contribution in [-0.2, 0) is 10.0 Å². The highest BCUT2D eigenvalue weighted by Crippen LogP contribution is 2.35. The quantitative estimate of drug-likeness (QED) is 0.829. The summed E-state index contributed by atoms with van der Waals surface area (Å²) in [5.41, 5.74) is 1.02. The number of rotatable bonds is 3. The molecule has 1 atom stereocenters. The van der Waals surface area contributed by atoms with Crippen molar-refractivity contribution in [2.24, 2.45) is 10.6 Å². The third-order valence-corrected chi connectivity index (χ3v) is 5.44. The molecule has 0 aliphatic heterocycles. The highest BCUT2D eigenvalue weighted by molar-refractivity contribution is 7.89. The van der Waals surface area contributed by atoms with E-state index in [0.29, 0.717) is 22.2 Å². The molecule has 6 heteroatoms. The summed E-state index contributed by atoms with van der Waals surface area (Å²) in [4.78, 5) is 0.0864. The zero-order chi connectivity index (χ0) is 15.7. The van der Waals surface area contributed by atoms with Gasteiger partial charge in [-0.25, -0.2) is 13.6 Å². The van der Waals surface area contributed by atoms with Gasteiger partial charge in [-0.05, 0) is 49.3 Å². The molecule has 0 bridgehead atoms. The van der Waals surface area contributed by atoms with Gasteiger partial charge < -0.3 is 5.32 Å². The van der Waals surface area contributed by atoms with Gasteiger partial charge in [0.05, 0.1) is 15.6 Å². The normalized spacial score (nSPS) is 22.6. The highest BCUT2D eigenvalue weighted by atomic mass is 35.5. The first-order chi connectivity index (χ1) is 9.67. The van der Waals surface area contributed by atoms with E-state index in [9.17, 15) is 8.42 Å². The molecule has 1 aliphatic carbocycles. The van der Waals surface area contributed by atoms with Gasteiger partial charge in [0.2, 0.25) is 10.0 Å². The summed E-state index contributed by atoms with van der Waals surface area (Å²) in [7, 11) is -3.71. The molecule has 1 fully saturated rings. The molecule has 0 spiro atoms. The summed E-state index contributed by atoms with van der Waals surface area (Å²) < 4.78 is 22.9. The van der Waals surface area contributed by atoms with Gasteiger partial charge in [-0.15, -0.1) is 0 Å². The van der Waals surface area contributed by atoms with Gasteiger partial charge in [-0.3, -0.25) is 0 Å². The molecule has 0 aromatic heterocycles. The van der Waals surface area contributed by atoms with Crippen LogP contribution >= 0.6 is 11.6 Å². The predicted octanol–water partition coefficient (Wildman–Crippen LogP) is 3.76. The number of hydrogen-bond acceptors (Lipinski definition) is 3. The number of nitrogens with one attached hydrogen (secondary N) is 1. The van der Waals surface area contributed by atoms with Gasteiger partial charge in [0.25, 0.3) is 0 Å². The van der Waals surface area contributed by atoms with Crippen molar-refractivity contribution in [1.29, 1.82) is 0 Å². The predicted molar refractivity (Wildman–Crippen MR) is 87.1 cm³/mol. The molecule has 2 rings (SSSR count). The average molecular weight is 331 g/mol. The summed E-state index contributed by atoms with van der Waals surface area (Å²) in [5.74, 6) is 0. The standard InChI is InChI=1S/C15H23ClN2O2S/c1-15(2)8-3-4-11(7-9-15)18-14-10-12(21(17,19)20)5-6-13(14)16/h5-6,10-11,18H,3-4,7-9H2,1-2H3,(H2,17,19,20). The second-order valence-electron chi connectivity index (χ2n) is 6.62. The molecule has 1 unspecified atom stereocenters. The van der Waals surface area contributed by atoms with E-state index in [1.54, 1.807) is 6.07 Å². The molecule has 0 saturated heterocycles. The molecule has 0 heterocycles. The van der Waals surface area contributed by atoms with Gasteiger partial charge in [-0.2, -0.15) is 0 Å². The molecular formula is C15H23ClN2O2S. The Morgan fingerprint density at radius 2 is 2.00 bits per heavy atom. The Kier molecular flexibility index (Phi) is 4.85. The van der Waals surface area contributed by atoms with Crippen molar-refractivity contribution in [3.05, 3.63) is 23.2 Å². The van der Waals surface area contributed by atoms with Crippen molar-refractivity contribution in [3.8, 4) is 0 Å². The largest absolute Gasteiger partial charge is 0.381 e. The van der Waals surface area contributed by atoms with Crippen LogP contribution in [-0.4, -0.2) is 14.5 Å². The summed E-state index contributed by atoms with van der Waals surface area (Å²) in [5, 5.41) is 9.08. The Labute approximate surface area is 132 Å². The number of hydrogen-bond donors (Lipinski definition) is 2. The van der Waals surface area contributed by atoms with Crippen LogP contribution in [0.5, 0.6) is 0 Å². The van der Waals surface area contributed by atoms with E-state index in [1.807, 2.05) is 0 Å². The molecular weight excluding hydrogens is 308 g/mol. The van der Waals surface area contributed by atoms with E-state index < -0.39 is 10.0 Å². The fourth-order valence-corrected chi connectivity index (χ4v) is 3.53. The average Bonchev–Trinajstić information content (AvgIpc) is 2.52. The maximum atomic E-state index is 11.4. The molecule has 4 nitrogen and oxygen atoms in total. The topological polar surface area (TPSA) is 72.2 Å². The van der Waals surface area contributed by atoms with E-state index in [1.165, 1.54) is 18.6 Å². The van der Waals surface area contributed by atoms with Crippen molar-refractivity contribution in [3.63, 3.8) is 0 Å². The van der Waals surface area contributed by atoms with Gasteiger partial charge in [0.15, 0.2) is 0 Å². The zero-order valence-corrected chi connectivity index (χ0v) is 14.1. The van der Waals surface area contributed by atoms with Crippen molar-refractivity contribution in [2.45, 2.75) is 56.9 Å². The molecule has 118 valence electrons. The molecule has 21 heavy (non-hydrogen) atoms. The summed E-state index contributed by atoms with van der Waals surface area (Å²) in [6.07, 6.45) is 5.66. The number of benzene rings is 1. The molecule has 0 amide bonds. The van der Waals surface area contributed by atoms with Crippen LogP contribution in [0, 0.1) is 5.41 Å². The minimum Gasteiger partial charge on any atom is -0.381 e. The Morgan fingerprint density at radius 3 is 2.67 bits per heavy atom. The smallest absolute Gasteiger partial charge is 0.238 e. The van der Waals surface area contributed by atoms with Crippen molar-refractivity contribution < 1.29 is 8.42 Å². The maximum absolute atomic E-state index is 11.4. The summed E-state index contributed by atoms with van der Waals surface area (Å²) in [6.45, 7) is 4.59.